The van der Waals surface area contributed by atoms with Crippen LogP contribution in [0.4, 0.5) is 16.2 Å². The van der Waals surface area contributed by atoms with Gasteiger partial charge >= 0.3 is 6.09 Å². The number of benzene rings is 1. The smallest absolute Gasteiger partial charge is 0.404 e. The lowest BCUT2D eigenvalue weighted by molar-refractivity contribution is 0.191. The van der Waals surface area contributed by atoms with Gasteiger partial charge in [-0.3, -0.25) is 0 Å². The Morgan fingerprint density at radius 3 is 2.87 bits per heavy atom. The summed E-state index contributed by atoms with van der Waals surface area (Å²) in [4.78, 5) is 17.8. The molecule has 1 amide bonds. The maximum atomic E-state index is 10.8. The predicted molar refractivity (Wildman–Crippen MR) is 88.9 cm³/mol. The zero-order chi connectivity index (χ0) is 16.1. The number of rotatable bonds is 3. The number of imidazole rings is 1. The number of nitrogen functional groups attached to an aromatic ring is 1. The lowest BCUT2D eigenvalue weighted by Crippen LogP contribution is -2.36. The zero-order valence-corrected chi connectivity index (χ0v) is 13.1. The molecule has 1 aliphatic heterocycles. The molecule has 0 radical (unpaired) electrons. The maximum absolute atomic E-state index is 10.8. The van der Waals surface area contributed by atoms with Crippen LogP contribution in [0.2, 0.25) is 0 Å². The Kier molecular flexibility index (Phi) is 3.11. The molecule has 1 aliphatic carbocycles. The number of fused-ring (bicyclic) bond motifs is 1. The molecule has 2 fully saturated rings. The Labute approximate surface area is 134 Å². The van der Waals surface area contributed by atoms with Crippen molar-refractivity contribution in [2.45, 2.75) is 38.3 Å². The molecule has 0 spiro atoms. The zero-order valence-electron chi connectivity index (χ0n) is 13.1. The summed E-state index contributed by atoms with van der Waals surface area (Å²) >= 11 is 0. The van der Waals surface area contributed by atoms with Crippen molar-refractivity contribution >= 4 is 28.5 Å². The van der Waals surface area contributed by atoms with Gasteiger partial charge in [0, 0.05) is 19.1 Å². The Morgan fingerprint density at radius 1 is 1.39 bits per heavy atom. The maximum Gasteiger partial charge on any atom is 0.404 e. The minimum absolute atomic E-state index is 0.0613. The average molecular weight is 315 g/mol. The number of nitrogens with one attached hydrogen (secondary N) is 1. The Hall–Kier alpha value is -2.44. The quantitative estimate of drug-likeness (QED) is 0.754. The van der Waals surface area contributed by atoms with Gasteiger partial charge in [-0.15, -0.1) is 0 Å². The van der Waals surface area contributed by atoms with Gasteiger partial charge in [0.2, 0.25) is 0 Å². The second-order valence-electron chi connectivity index (χ2n) is 6.51. The predicted octanol–water partition coefficient (Wildman–Crippen LogP) is 2.11. The van der Waals surface area contributed by atoms with Gasteiger partial charge in [0.05, 0.1) is 22.9 Å². The summed E-state index contributed by atoms with van der Waals surface area (Å²) in [5.74, 6) is 1.02. The minimum atomic E-state index is -0.975. The number of aromatic nitrogens is 2. The minimum Gasteiger partial charge on any atom is -0.465 e. The van der Waals surface area contributed by atoms with Crippen molar-refractivity contribution in [2.24, 2.45) is 0 Å². The highest BCUT2D eigenvalue weighted by atomic mass is 16.4. The molecule has 2 aromatic rings. The van der Waals surface area contributed by atoms with Gasteiger partial charge in [-0.05, 0) is 38.3 Å². The molecule has 7 nitrogen and oxygen atoms in total. The number of amides is 1. The Bertz CT molecular complexity index is 780. The van der Waals surface area contributed by atoms with Gasteiger partial charge in [0.25, 0.3) is 0 Å². The average Bonchev–Trinajstić information content (AvgIpc) is 3.12. The molecule has 4 rings (SSSR count). The highest BCUT2D eigenvalue weighted by molar-refractivity contribution is 5.96. The number of aryl methyl sites for hydroxylation is 1. The van der Waals surface area contributed by atoms with Gasteiger partial charge in [-0.2, -0.15) is 0 Å². The van der Waals surface area contributed by atoms with Crippen LogP contribution in [0, 0.1) is 6.92 Å². The summed E-state index contributed by atoms with van der Waals surface area (Å²) in [6, 6.07) is 4.50. The van der Waals surface area contributed by atoms with Crippen LogP contribution in [0.3, 0.4) is 0 Å². The monoisotopic (exact) mass is 315 g/mol. The topological polar surface area (TPSA) is 96.4 Å². The van der Waals surface area contributed by atoms with Crippen LogP contribution >= 0.6 is 0 Å². The fourth-order valence-electron chi connectivity index (χ4n) is 3.66. The van der Waals surface area contributed by atoms with Crippen molar-refractivity contribution < 1.29 is 9.90 Å². The van der Waals surface area contributed by atoms with Crippen molar-refractivity contribution in [3.05, 3.63) is 18.0 Å². The van der Waals surface area contributed by atoms with E-state index in [-0.39, 0.29) is 6.04 Å². The third-order valence-electron chi connectivity index (χ3n) is 4.79. The Morgan fingerprint density at radius 2 is 2.17 bits per heavy atom. The number of carboxylic acid groups (broad SMARTS) is 1. The van der Waals surface area contributed by atoms with Crippen molar-refractivity contribution in [2.75, 3.05) is 23.7 Å². The summed E-state index contributed by atoms with van der Waals surface area (Å²) in [6.07, 6.45) is 2.22. The summed E-state index contributed by atoms with van der Waals surface area (Å²) in [5, 5.41) is 11.5. The van der Waals surface area contributed by atoms with E-state index >= 15 is 0 Å². The standard InChI is InChI=1S/C16H21N5O2/c1-9-18-14-13(21(9)11-2-3-11)5-4-12(17)15(14)20-7-6-10(8-20)19-16(22)23/h4-5,10-11,19H,2-3,6-8,17H2,1H3,(H,22,23). The first-order valence-corrected chi connectivity index (χ1v) is 8.06. The molecular formula is C16H21N5O2. The van der Waals surface area contributed by atoms with Crippen LogP contribution in [-0.2, 0) is 0 Å². The Balaban J connectivity index is 1.73. The second kappa shape index (κ2) is 5.04. The van der Waals surface area contributed by atoms with E-state index in [1.165, 1.54) is 12.8 Å². The molecule has 1 unspecified atom stereocenters. The van der Waals surface area contributed by atoms with E-state index in [4.69, 9.17) is 15.8 Å². The molecule has 1 aromatic carbocycles. The van der Waals surface area contributed by atoms with Crippen LogP contribution in [-0.4, -0.2) is 39.9 Å². The molecule has 4 N–H and O–H groups in total. The highest BCUT2D eigenvalue weighted by Crippen LogP contribution is 2.42. The lowest BCUT2D eigenvalue weighted by Gasteiger charge is -2.21. The van der Waals surface area contributed by atoms with E-state index in [0.717, 1.165) is 35.5 Å². The van der Waals surface area contributed by atoms with E-state index < -0.39 is 6.09 Å². The van der Waals surface area contributed by atoms with Crippen molar-refractivity contribution in [1.29, 1.82) is 0 Å². The first kappa shape index (κ1) is 14.2. The number of carbonyl (C=O) groups is 1. The van der Waals surface area contributed by atoms with Crippen molar-refractivity contribution in [1.82, 2.24) is 14.9 Å². The lowest BCUT2D eigenvalue weighted by atomic mass is 10.2. The number of nitrogens with zero attached hydrogens (tertiary/aromatic N) is 3. The fraction of sp³-hybridized carbons (Fsp3) is 0.500. The van der Waals surface area contributed by atoms with E-state index in [1.807, 2.05) is 13.0 Å². The molecule has 1 atom stereocenters. The third kappa shape index (κ3) is 2.36. The van der Waals surface area contributed by atoms with Gasteiger partial charge in [0.15, 0.2) is 0 Å². The third-order valence-corrected chi connectivity index (χ3v) is 4.79. The molecule has 1 saturated heterocycles. The van der Waals surface area contributed by atoms with Crippen LogP contribution in [0.25, 0.3) is 11.0 Å². The van der Waals surface area contributed by atoms with Crippen LogP contribution in [0.15, 0.2) is 12.1 Å². The highest BCUT2D eigenvalue weighted by Gasteiger charge is 2.31. The normalized spacial score (nSPS) is 21.1. The van der Waals surface area contributed by atoms with Crippen LogP contribution in [0.1, 0.15) is 31.1 Å². The molecule has 1 saturated carbocycles. The summed E-state index contributed by atoms with van der Waals surface area (Å²) in [6.45, 7) is 3.45. The summed E-state index contributed by atoms with van der Waals surface area (Å²) in [5.41, 5.74) is 9.95. The second-order valence-corrected chi connectivity index (χ2v) is 6.51. The number of hydrogen-bond acceptors (Lipinski definition) is 4. The van der Waals surface area contributed by atoms with Gasteiger partial charge in [-0.1, -0.05) is 0 Å². The molecular weight excluding hydrogens is 294 g/mol. The summed E-state index contributed by atoms with van der Waals surface area (Å²) < 4.78 is 2.31. The van der Waals surface area contributed by atoms with E-state index in [0.29, 0.717) is 18.3 Å². The van der Waals surface area contributed by atoms with Crippen molar-refractivity contribution in [3.8, 4) is 0 Å². The molecule has 2 aliphatic rings. The van der Waals surface area contributed by atoms with E-state index in [2.05, 4.69) is 20.9 Å². The van der Waals surface area contributed by atoms with Crippen LogP contribution in [0.5, 0.6) is 0 Å². The fourth-order valence-corrected chi connectivity index (χ4v) is 3.66. The molecule has 23 heavy (non-hydrogen) atoms. The molecule has 1 aromatic heterocycles. The van der Waals surface area contributed by atoms with E-state index in [9.17, 15) is 4.79 Å². The first-order chi connectivity index (χ1) is 11.0. The van der Waals surface area contributed by atoms with Crippen molar-refractivity contribution in [3.63, 3.8) is 0 Å². The van der Waals surface area contributed by atoms with E-state index in [1.54, 1.807) is 0 Å². The largest absolute Gasteiger partial charge is 0.465 e. The SMILES string of the molecule is Cc1nc2c(N3CCC(NC(=O)O)C3)c(N)ccc2n1C1CC1. The first-order valence-electron chi connectivity index (χ1n) is 8.06. The van der Waals surface area contributed by atoms with Gasteiger partial charge in [-0.25, -0.2) is 9.78 Å². The summed E-state index contributed by atoms with van der Waals surface area (Å²) in [7, 11) is 0. The number of nitrogens with two attached hydrogens (primary N) is 1. The van der Waals surface area contributed by atoms with Crippen LogP contribution < -0.4 is 16.0 Å². The molecule has 122 valence electrons. The molecule has 0 bridgehead atoms. The van der Waals surface area contributed by atoms with Gasteiger partial charge < -0.3 is 25.6 Å². The molecule has 7 heteroatoms. The molecule has 2 heterocycles. The number of hydrogen-bond donors (Lipinski definition) is 3. The van der Waals surface area contributed by atoms with Gasteiger partial charge in [0.1, 0.15) is 11.3 Å². The number of anilines is 2.